The van der Waals surface area contributed by atoms with Gasteiger partial charge in [0.1, 0.15) is 0 Å². The van der Waals surface area contributed by atoms with Crippen LogP contribution in [-0.2, 0) is 0 Å². The average molecular weight is 199 g/mol. The highest BCUT2D eigenvalue weighted by atomic mass is 35.5. The van der Waals surface area contributed by atoms with E-state index in [1.165, 1.54) is 7.11 Å². The van der Waals surface area contributed by atoms with Crippen molar-refractivity contribution in [2.45, 2.75) is 6.92 Å². The Morgan fingerprint density at radius 3 is 2.77 bits per heavy atom. The van der Waals surface area contributed by atoms with Crippen molar-refractivity contribution in [1.29, 1.82) is 0 Å². The second-order valence-electron chi connectivity index (χ2n) is 2.66. The number of halogens is 1. The Morgan fingerprint density at radius 1 is 1.54 bits per heavy atom. The van der Waals surface area contributed by atoms with Crippen LogP contribution in [0, 0.1) is 0 Å². The van der Waals surface area contributed by atoms with Crippen molar-refractivity contribution in [3.63, 3.8) is 0 Å². The Labute approximate surface area is 82.4 Å². The Morgan fingerprint density at radius 2 is 2.23 bits per heavy atom. The van der Waals surface area contributed by atoms with Crippen molar-refractivity contribution >= 4 is 17.7 Å². The second-order valence-corrected chi connectivity index (χ2v) is 3.26. The molecule has 1 rings (SSSR count). The van der Waals surface area contributed by atoms with Crippen LogP contribution >= 0.6 is 11.6 Å². The van der Waals surface area contributed by atoms with Gasteiger partial charge in [0.05, 0.1) is 7.11 Å². The van der Waals surface area contributed by atoms with Gasteiger partial charge in [-0.25, -0.2) is 0 Å². The maximum Gasteiger partial charge on any atom is 0.161 e. The number of hydrogen-bond acceptors (Lipinski definition) is 2. The summed E-state index contributed by atoms with van der Waals surface area (Å²) in [6.45, 7) is 1.79. The lowest BCUT2D eigenvalue weighted by molar-refractivity contribution is 0.373. The van der Waals surface area contributed by atoms with Crippen molar-refractivity contribution < 1.29 is 9.84 Å². The lowest BCUT2D eigenvalue weighted by Gasteiger charge is -2.03. The lowest BCUT2D eigenvalue weighted by atomic mass is 10.2. The highest BCUT2D eigenvalue weighted by Crippen LogP contribution is 2.27. The molecule has 0 heterocycles. The van der Waals surface area contributed by atoms with E-state index in [0.29, 0.717) is 10.8 Å². The van der Waals surface area contributed by atoms with Gasteiger partial charge in [0, 0.05) is 5.03 Å². The van der Waals surface area contributed by atoms with Gasteiger partial charge in [-0.05, 0) is 30.7 Å². The predicted molar refractivity (Wildman–Crippen MR) is 54.2 cm³/mol. The minimum absolute atomic E-state index is 0.131. The fourth-order valence-electron chi connectivity index (χ4n) is 1.01. The van der Waals surface area contributed by atoms with E-state index in [2.05, 4.69) is 0 Å². The third-order valence-electron chi connectivity index (χ3n) is 1.57. The molecular weight excluding hydrogens is 188 g/mol. The molecule has 1 aromatic rings. The van der Waals surface area contributed by atoms with Crippen molar-refractivity contribution in [2.24, 2.45) is 0 Å². The van der Waals surface area contributed by atoms with Gasteiger partial charge in [-0.1, -0.05) is 17.7 Å². The van der Waals surface area contributed by atoms with Crippen LogP contribution in [0.25, 0.3) is 6.08 Å². The minimum Gasteiger partial charge on any atom is -0.504 e. The number of hydrogen-bond donors (Lipinski definition) is 1. The van der Waals surface area contributed by atoms with E-state index in [9.17, 15) is 5.11 Å². The number of phenolic OH excluding ortho intramolecular Hbond substituents is 1. The molecule has 70 valence electrons. The van der Waals surface area contributed by atoms with Crippen molar-refractivity contribution in [2.75, 3.05) is 7.11 Å². The summed E-state index contributed by atoms with van der Waals surface area (Å²) in [5, 5.41) is 9.98. The van der Waals surface area contributed by atoms with Crippen LogP contribution in [0.2, 0.25) is 0 Å². The zero-order valence-corrected chi connectivity index (χ0v) is 8.30. The summed E-state index contributed by atoms with van der Waals surface area (Å²) in [5.41, 5.74) is 0.905. The first-order chi connectivity index (χ1) is 6.13. The normalized spacial score (nSPS) is 11.5. The van der Waals surface area contributed by atoms with Gasteiger partial charge in [0.25, 0.3) is 0 Å². The summed E-state index contributed by atoms with van der Waals surface area (Å²) in [4.78, 5) is 0. The van der Waals surface area contributed by atoms with Crippen LogP contribution in [0.1, 0.15) is 12.5 Å². The van der Waals surface area contributed by atoms with Gasteiger partial charge in [-0.15, -0.1) is 0 Å². The Balaban J connectivity index is 3.06. The van der Waals surface area contributed by atoms with E-state index < -0.39 is 0 Å². The second kappa shape index (κ2) is 4.19. The Hall–Kier alpha value is -1.15. The van der Waals surface area contributed by atoms with Crippen LogP contribution in [-0.4, -0.2) is 12.2 Å². The quantitative estimate of drug-likeness (QED) is 0.792. The molecule has 1 aromatic carbocycles. The fourth-order valence-corrected chi connectivity index (χ4v) is 1.14. The van der Waals surface area contributed by atoms with E-state index in [1.54, 1.807) is 31.2 Å². The molecule has 3 heteroatoms. The number of ether oxygens (including phenoxy) is 1. The standard InChI is InChI=1S/C10H11ClO2/c1-7(11)5-8-3-4-9(12)10(6-8)13-2/h3-6,12H,1-2H3/b7-5+. The van der Waals surface area contributed by atoms with Crippen LogP contribution in [0.15, 0.2) is 23.2 Å². The number of rotatable bonds is 2. The van der Waals surface area contributed by atoms with Crippen molar-refractivity contribution in [1.82, 2.24) is 0 Å². The molecule has 13 heavy (non-hydrogen) atoms. The van der Waals surface area contributed by atoms with Gasteiger partial charge >= 0.3 is 0 Å². The maximum atomic E-state index is 9.29. The molecule has 0 bridgehead atoms. The third-order valence-corrected chi connectivity index (χ3v) is 1.68. The number of benzene rings is 1. The van der Waals surface area contributed by atoms with E-state index in [0.717, 1.165) is 5.56 Å². The average Bonchev–Trinajstić information content (AvgIpc) is 2.07. The SMILES string of the molecule is COc1cc(/C=C(\C)Cl)ccc1O. The molecule has 0 unspecified atom stereocenters. The summed E-state index contributed by atoms with van der Waals surface area (Å²) < 4.78 is 4.94. The highest BCUT2D eigenvalue weighted by Gasteiger charge is 2.00. The van der Waals surface area contributed by atoms with Gasteiger partial charge in [-0.3, -0.25) is 0 Å². The van der Waals surface area contributed by atoms with E-state index >= 15 is 0 Å². The lowest BCUT2D eigenvalue weighted by Crippen LogP contribution is -1.84. The number of methoxy groups -OCH3 is 1. The molecule has 0 saturated carbocycles. The molecule has 0 radical (unpaired) electrons. The zero-order valence-electron chi connectivity index (χ0n) is 7.54. The number of phenols is 1. The van der Waals surface area contributed by atoms with Gasteiger partial charge in [0.2, 0.25) is 0 Å². The van der Waals surface area contributed by atoms with Crippen LogP contribution in [0.4, 0.5) is 0 Å². The maximum absolute atomic E-state index is 9.29. The molecular formula is C10H11ClO2. The summed E-state index contributed by atoms with van der Waals surface area (Å²) in [6, 6.07) is 5.06. The third kappa shape index (κ3) is 2.67. The largest absolute Gasteiger partial charge is 0.504 e. The molecule has 0 aliphatic heterocycles. The fraction of sp³-hybridized carbons (Fsp3) is 0.200. The van der Waals surface area contributed by atoms with Gasteiger partial charge in [0.15, 0.2) is 11.5 Å². The van der Waals surface area contributed by atoms with Gasteiger partial charge in [-0.2, -0.15) is 0 Å². The molecule has 0 aliphatic carbocycles. The summed E-state index contributed by atoms with van der Waals surface area (Å²) in [7, 11) is 1.51. The predicted octanol–water partition coefficient (Wildman–Crippen LogP) is 3.00. The van der Waals surface area contributed by atoms with E-state index in [-0.39, 0.29) is 5.75 Å². The van der Waals surface area contributed by atoms with Crippen LogP contribution in [0.3, 0.4) is 0 Å². The first-order valence-corrected chi connectivity index (χ1v) is 4.22. The molecule has 2 nitrogen and oxygen atoms in total. The first-order valence-electron chi connectivity index (χ1n) is 3.84. The molecule has 0 aromatic heterocycles. The Kier molecular flexibility index (Phi) is 3.20. The molecule has 0 aliphatic rings. The molecule has 0 amide bonds. The number of aromatic hydroxyl groups is 1. The van der Waals surface area contributed by atoms with E-state index in [4.69, 9.17) is 16.3 Å². The highest BCUT2D eigenvalue weighted by molar-refractivity contribution is 6.31. The van der Waals surface area contributed by atoms with Gasteiger partial charge < -0.3 is 9.84 Å². The Bertz CT molecular complexity index is 328. The minimum atomic E-state index is 0.131. The topological polar surface area (TPSA) is 29.5 Å². The summed E-state index contributed by atoms with van der Waals surface area (Å²) >= 11 is 5.71. The molecule has 0 fully saturated rings. The van der Waals surface area contributed by atoms with Crippen molar-refractivity contribution in [3.8, 4) is 11.5 Å². The van der Waals surface area contributed by atoms with Crippen LogP contribution < -0.4 is 4.74 Å². The van der Waals surface area contributed by atoms with E-state index in [1.807, 2.05) is 0 Å². The molecule has 1 N–H and O–H groups in total. The van der Waals surface area contributed by atoms with Crippen LogP contribution in [0.5, 0.6) is 11.5 Å². The number of allylic oxidation sites excluding steroid dienone is 1. The smallest absolute Gasteiger partial charge is 0.161 e. The first kappa shape index (κ1) is 9.93. The molecule has 0 atom stereocenters. The zero-order chi connectivity index (χ0) is 9.84. The molecule has 0 saturated heterocycles. The summed E-state index contributed by atoms with van der Waals surface area (Å²) in [5.74, 6) is 0.582. The summed E-state index contributed by atoms with van der Waals surface area (Å²) in [6.07, 6.45) is 1.80. The molecule has 0 spiro atoms. The van der Waals surface area contributed by atoms with Crippen molar-refractivity contribution in [3.05, 3.63) is 28.8 Å². The monoisotopic (exact) mass is 198 g/mol.